The highest BCUT2D eigenvalue weighted by Gasteiger charge is 2.32. The van der Waals surface area contributed by atoms with Crippen molar-refractivity contribution in [1.29, 1.82) is 0 Å². The molecule has 4 aromatic carbocycles. The van der Waals surface area contributed by atoms with Crippen molar-refractivity contribution in [2.45, 2.75) is 55.6 Å². The van der Waals surface area contributed by atoms with E-state index in [1.54, 1.807) is 0 Å². The van der Waals surface area contributed by atoms with Gasteiger partial charge in [0.05, 0.1) is 52.8 Å². The number of carbonyl (C=O) groups is 1. The number of para-hydroxylation sites is 1. The SMILES string of the molecule is [2H]c1c([2H])c(F)c(F)c(CSc2c([2H])c(=O)c3c([2H])c([2H])c([2H])c([2H])c3n2C([2H])([2H])C(=O)N(C([2H])([2H])c2c([2H])c([2H])c(-c3c([2H])c([2H])c(C(F)(F)F)c(C)c3[2H])c([2H])c2[2H])C2([2H])C([2H])([2H])C([2H])([2H])N(C([2H])([2H])C([2H])([2H])OC)C([2H])([2H])C2([2H])[2H])c1[2H]. The van der Waals surface area contributed by atoms with Gasteiger partial charge in [0, 0.05) is 75.6 Å². The van der Waals surface area contributed by atoms with E-state index in [9.17, 15) is 34.7 Å². The lowest BCUT2D eigenvalue weighted by atomic mass is 9.98. The monoisotopic (exact) mass is 781 g/mol. The zero-order valence-electron chi connectivity index (χ0n) is 58.6. The van der Waals surface area contributed by atoms with Crippen molar-refractivity contribution in [2.75, 3.05) is 33.2 Å². The maximum absolute atomic E-state index is 16.1. The van der Waals surface area contributed by atoms with Crippen LogP contribution in [0.5, 0.6) is 0 Å². The van der Waals surface area contributed by atoms with E-state index in [1.165, 1.54) is 0 Å². The number of rotatable bonds is 12. The number of piperidine rings is 1. The Morgan fingerprint density at radius 1 is 1.02 bits per heavy atom. The second-order valence-corrected chi connectivity index (χ2v) is 11.0. The molecule has 2 heterocycles. The Labute approximate surface area is 354 Å². The number of thioether (sulfide) groups is 1. The van der Waals surface area contributed by atoms with Crippen LogP contribution in [-0.2, 0) is 34.5 Å². The largest absolute Gasteiger partial charge is 0.416 e. The highest BCUT2D eigenvalue weighted by atomic mass is 32.2. The lowest BCUT2D eigenvalue weighted by molar-refractivity contribution is -0.138. The van der Waals surface area contributed by atoms with Crippen LogP contribution in [0.25, 0.3) is 22.0 Å². The van der Waals surface area contributed by atoms with Crippen LogP contribution in [0.2, 0.25) is 0 Å². The van der Waals surface area contributed by atoms with E-state index < -0.39 is 247 Å². The standard InChI is InChI=1S/C41H40F5N3O3S/c1-27-22-30(14-15-34(27)41(44,45)46)29-12-10-28(11-13-29)24-48(32-16-18-47(19-17-32)20-21-52-2)38(51)25-49-36-9-4-3-7-33(36)37(50)23-39(49)53-26-31-6-5-8-35(42)40(31)43/h3-15,22-23,32H,16-21,24-26H2,1-2H3/i3D,4D,5D,6D,7D,8D,9D,10D,11D,12D,13D,14D,15D,16D2,17D2,18D2,19D2,20D2,21D2,22D,23D,24D2,25D2,32D. The molecule has 0 unspecified atom stereocenters. The van der Waals surface area contributed by atoms with Gasteiger partial charge in [-0.2, -0.15) is 13.2 Å². The molecular formula is C41H40F5N3O3S. The molecule has 0 bridgehead atoms. The Morgan fingerprint density at radius 2 is 1.74 bits per heavy atom. The number of amides is 1. The van der Waals surface area contributed by atoms with E-state index in [-0.39, 0.29) is 11.8 Å². The average Bonchev–Trinajstić information content (AvgIpc) is 2.11. The predicted molar refractivity (Wildman–Crippen MR) is 198 cm³/mol. The van der Waals surface area contributed by atoms with Gasteiger partial charge in [-0.25, -0.2) is 8.78 Å². The number of fused-ring (bicyclic) bond motifs is 1. The van der Waals surface area contributed by atoms with Gasteiger partial charge < -0.3 is 19.1 Å². The van der Waals surface area contributed by atoms with E-state index in [0.717, 1.165) is 0 Å². The highest BCUT2D eigenvalue weighted by Crippen LogP contribution is 2.34. The summed E-state index contributed by atoms with van der Waals surface area (Å²) in [4.78, 5) is 27.6. The number of pyridine rings is 1. The molecule has 0 aliphatic carbocycles. The number of likely N-dealkylation sites (tertiary alicyclic amines) is 1. The van der Waals surface area contributed by atoms with Gasteiger partial charge in [0.2, 0.25) is 5.91 Å². The van der Waals surface area contributed by atoms with Crippen molar-refractivity contribution in [3.05, 3.63) is 135 Å². The fourth-order valence-corrected chi connectivity index (χ4v) is 5.12. The van der Waals surface area contributed by atoms with Gasteiger partial charge in [-0.05, 0) is 66.1 Å². The van der Waals surface area contributed by atoms with Gasteiger partial charge in [0.1, 0.15) is 6.50 Å². The number of carbonyl (C=O) groups excluding carboxylic acids is 1. The molecule has 1 aromatic heterocycles. The van der Waals surface area contributed by atoms with Crippen LogP contribution < -0.4 is 5.43 Å². The smallest absolute Gasteiger partial charge is 0.383 e. The van der Waals surface area contributed by atoms with E-state index >= 15 is 9.18 Å². The molecule has 1 fully saturated rings. The predicted octanol–water partition coefficient (Wildman–Crippen LogP) is 8.71. The third-order valence-electron chi connectivity index (χ3n) is 6.59. The summed E-state index contributed by atoms with van der Waals surface area (Å²) >= 11 is -0.332. The molecule has 5 aromatic rings. The zero-order valence-corrected chi connectivity index (χ0v) is 27.4. The molecule has 53 heavy (non-hydrogen) atoms. The van der Waals surface area contributed by atoms with Gasteiger partial charge >= 0.3 is 6.18 Å². The van der Waals surface area contributed by atoms with Crippen LogP contribution in [0, 0.1) is 18.6 Å². The van der Waals surface area contributed by atoms with Gasteiger partial charge in [-0.1, -0.05) is 60.4 Å². The maximum atomic E-state index is 16.1. The number of aromatic nitrogens is 1. The van der Waals surface area contributed by atoms with Crippen LogP contribution in [0.3, 0.4) is 0 Å². The first-order valence-corrected chi connectivity index (χ1v) is 15.3. The van der Waals surface area contributed by atoms with E-state index in [0.29, 0.717) is 14.0 Å². The fourth-order valence-electron chi connectivity index (χ4n) is 4.21. The minimum atomic E-state index is -5.48. The molecule has 6 nitrogen and oxygen atoms in total. The molecule has 0 saturated carbocycles. The first kappa shape index (κ1) is 15.0. The second-order valence-electron chi connectivity index (χ2n) is 10.0. The summed E-state index contributed by atoms with van der Waals surface area (Å²) in [7, 11) is 0.405. The molecule has 1 amide bonds. The molecule has 0 N–H and O–H groups in total. The molecule has 0 radical (unpaired) electrons. The van der Waals surface area contributed by atoms with Crippen LogP contribution in [0.15, 0.2) is 100 Å². The minimum Gasteiger partial charge on any atom is -0.383 e. The number of halogens is 5. The summed E-state index contributed by atoms with van der Waals surface area (Å²) in [6.07, 6.45) is -15.9. The first-order chi connectivity index (χ1) is 38.1. The topological polar surface area (TPSA) is 54.8 Å². The van der Waals surface area contributed by atoms with Crippen LogP contribution >= 0.6 is 11.8 Å². The Kier molecular flexibility index (Phi) is 4.70. The third-order valence-corrected chi connectivity index (χ3v) is 7.58. The van der Waals surface area contributed by atoms with Crippen LogP contribution in [0.4, 0.5) is 22.0 Å². The average molecular weight is 782 g/mol. The highest BCUT2D eigenvalue weighted by molar-refractivity contribution is 7.98. The zero-order chi connectivity index (χ0) is 66.0. The molecule has 1 aliphatic heterocycles. The summed E-state index contributed by atoms with van der Waals surface area (Å²) in [5.74, 6) is -8.81. The molecular weight excluding hydrogens is 710 g/mol. The van der Waals surface area contributed by atoms with E-state index in [2.05, 4.69) is 4.74 Å². The van der Waals surface area contributed by atoms with Crippen LogP contribution in [0.1, 0.15) is 78.9 Å². The minimum absolute atomic E-state index is 0.332. The van der Waals surface area contributed by atoms with Crippen molar-refractivity contribution in [2.24, 2.45) is 0 Å². The van der Waals surface area contributed by atoms with E-state index in [4.69, 9.17) is 31.5 Å². The van der Waals surface area contributed by atoms with Crippen molar-refractivity contribution in [1.82, 2.24) is 14.4 Å². The normalized spacial score (nSPS) is 28.4. The number of alkyl halides is 3. The molecule has 1 aliphatic rings. The number of hydrogen-bond donors (Lipinski definition) is 0. The number of hydrogen-bond acceptors (Lipinski definition) is 5. The summed E-state index contributed by atoms with van der Waals surface area (Å²) in [5.41, 5.74) is -12.6. The molecule has 0 atom stereocenters. The van der Waals surface area contributed by atoms with Gasteiger partial charge in [0.25, 0.3) is 0 Å². The number of nitrogens with zero attached hydrogens (tertiary/aromatic N) is 3. The van der Waals surface area contributed by atoms with E-state index in [1.807, 2.05) is 0 Å². The Morgan fingerprint density at radius 3 is 2.45 bits per heavy atom. The Bertz CT molecular complexity index is 3650. The second kappa shape index (κ2) is 16.7. The van der Waals surface area contributed by atoms with Gasteiger partial charge in [-0.15, -0.1) is 11.8 Å². The van der Waals surface area contributed by atoms with Crippen molar-refractivity contribution in [3.63, 3.8) is 0 Å². The summed E-state index contributed by atoms with van der Waals surface area (Å²) in [6.45, 7) is -28.1. The molecule has 0 spiro atoms. The van der Waals surface area contributed by atoms with Crippen molar-refractivity contribution >= 4 is 28.6 Å². The van der Waals surface area contributed by atoms with Gasteiger partial charge in [0.15, 0.2) is 17.1 Å². The number of methoxy groups -OCH3 is 1. The molecule has 1 saturated heterocycles. The van der Waals surface area contributed by atoms with Crippen LogP contribution in [-0.4, -0.2) is 59.5 Å². The number of ether oxygens (including phenoxy) is 1. The lowest BCUT2D eigenvalue weighted by Gasteiger charge is -2.39. The molecule has 12 heteroatoms. The van der Waals surface area contributed by atoms with Crippen molar-refractivity contribution in [3.8, 4) is 11.1 Å². The maximum Gasteiger partial charge on any atom is 0.416 e. The Balaban J connectivity index is 1.87. The molecule has 278 valence electrons. The Hall–Kier alpha value is -4.52. The lowest BCUT2D eigenvalue weighted by Crippen LogP contribution is -2.48. The van der Waals surface area contributed by atoms with Gasteiger partial charge in [-0.3, -0.25) is 9.59 Å². The third kappa shape index (κ3) is 9.00. The quantitative estimate of drug-likeness (QED) is 0.0937. The molecule has 6 rings (SSSR count). The summed E-state index contributed by atoms with van der Waals surface area (Å²) < 4.78 is 360. The van der Waals surface area contributed by atoms with Crippen molar-refractivity contribution < 1.29 is 75.3 Å². The summed E-state index contributed by atoms with van der Waals surface area (Å²) in [5, 5.41) is -3.04. The summed E-state index contributed by atoms with van der Waals surface area (Å²) in [6, 6.07) is -29.5. The first-order valence-electron chi connectivity index (χ1n) is 30.3. The number of benzene rings is 4. The fraction of sp³-hybridized carbons (Fsp3) is 0.317.